The average molecular weight is 397 g/mol. The summed E-state index contributed by atoms with van der Waals surface area (Å²) in [4.78, 5) is 28.0. The second-order valence-electron chi connectivity index (χ2n) is 8.39. The summed E-state index contributed by atoms with van der Waals surface area (Å²) in [6.07, 6.45) is 8.74. The lowest BCUT2D eigenvalue weighted by molar-refractivity contribution is 0.0818. The van der Waals surface area contributed by atoms with Crippen molar-refractivity contribution in [3.05, 3.63) is 42.0 Å². The lowest BCUT2D eigenvalue weighted by Gasteiger charge is -2.35. The van der Waals surface area contributed by atoms with Crippen molar-refractivity contribution < 1.29 is 9.53 Å². The van der Waals surface area contributed by atoms with Crippen molar-refractivity contribution >= 4 is 5.91 Å². The van der Waals surface area contributed by atoms with Gasteiger partial charge in [-0.25, -0.2) is 19.6 Å². The van der Waals surface area contributed by atoms with E-state index in [4.69, 9.17) is 4.74 Å². The largest absolute Gasteiger partial charge is 0.381 e. The van der Waals surface area contributed by atoms with E-state index in [9.17, 15) is 4.79 Å². The van der Waals surface area contributed by atoms with Crippen LogP contribution in [-0.2, 0) is 11.3 Å². The Morgan fingerprint density at radius 2 is 1.97 bits per heavy atom. The molecule has 3 aliphatic rings. The number of aromatic nitrogens is 4. The molecule has 0 bridgehead atoms. The van der Waals surface area contributed by atoms with E-state index in [0.717, 1.165) is 57.1 Å². The van der Waals surface area contributed by atoms with Crippen LogP contribution in [0, 0.1) is 11.8 Å². The Morgan fingerprint density at radius 3 is 2.76 bits per heavy atom. The van der Waals surface area contributed by atoms with Crippen molar-refractivity contribution in [2.45, 2.75) is 38.4 Å². The summed E-state index contributed by atoms with van der Waals surface area (Å²) in [5.74, 6) is 1.98. The highest BCUT2D eigenvalue weighted by molar-refractivity contribution is 5.93. The SMILES string of the molecule is CC1CN(Cc2cncnc2)CC1C1NC(=O)c2cnc(C3CCOCC3)n2N1. The molecule has 0 spiro atoms. The molecule has 5 rings (SSSR count). The molecule has 1 amide bonds. The standard InChI is InChI=1S/C20H27N7O2/c1-13-9-26(10-14-6-21-12-22-7-14)11-16(13)18-24-20(28)17-8-23-19(27(17)25-18)15-2-4-29-5-3-15/h6-8,12-13,15-16,18,25H,2-5,9-11H2,1H3,(H,24,28). The first-order valence-electron chi connectivity index (χ1n) is 10.4. The first-order valence-corrected chi connectivity index (χ1v) is 10.4. The number of amides is 1. The first-order chi connectivity index (χ1) is 14.2. The molecule has 0 saturated carbocycles. The Balaban J connectivity index is 1.31. The summed E-state index contributed by atoms with van der Waals surface area (Å²) in [5, 5.41) is 3.16. The molecule has 2 N–H and O–H groups in total. The molecule has 2 fully saturated rings. The third-order valence-electron chi connectivity index (χ3n) is 6.36. The molecule has 9 heteroatoms. The van der Waals surface area contributed by atoms with Crippen LogP contribution < -0.4 is 10.7 Å². The summed E-state index contributed by atoms with van der Waals surface area (Å²) >= 11 is 0. The quantitative estimate of drug-likeness (QED) is 0.793. The number of hydrogen-bond donors (Lipinski definition) is 2. The fourth-order valence-electron chi connectivity index (χ4n) is 4.82. The maximum absolute atomic E-state index is 12.8. The molecule has 9 nitrogen and oxygen atoms in total. The minimum Gasteiger partial charge on any atom is -0.381 e. The Hall–Kier alpha value is -2.52. The topological polar surface area (TPSA) is 97.2 Å². The number of nitrogens with one attached hydrogen (secondary N) is 2. The Bertz CT molecular complexity index is 865. The molecule has 29 heavy (non-hydrogen) atoms. The lowest BCUT2D eigenvalue weighted by atomic mass is 9.94. The van der Waals surface area contributed by atoms with E-state index in [1.165, 1.54) is 0 Å². The molecule has 2 aromatic heterocycles. The number of rotatable bonds is 4. The van der Waals surface area contributed by atoms with Gasteiger partial charge in [0, 0.05) is 62.6 Å². The van der Waals surface area contributed by atoms with Crippen molar-refractivity contribution in [2.75, 3.05) is 31.7 Å². The zero-order chi connectivity index (χ0) is 19.8. The maximum Gasteiger partial charge on any atom is 0.273 e. The Labute approximate surface area is 169 Å². The number of carbonyl (C=O) groups excluding carboxylic acids is 1. The van der Waals surface area contributed by atoms with Gasteiger partial charge >= 0.3 is 0 Å². The highest BCUT2D eigenvalue weighted by Crippen LogP contribution is 2.31. The van der Waals surface area contributed by atoms with E-state index < -0.39 is 0 Å². The lowest BCUT2D eigenvalue weighted by Crippen LogP contribution is -2.55. The molecular formula is C20H27N7O2. The molecule has 2 aromatic rings. The van der Waals surface area contributed by atoms with E-state index >= 15 is 0 Å². The predicted molar refractivity (Wildman–Crippen MR) is 106 cm³/mol. The maximum atomic E-state index is 12.8. The van der Waals surface area contributed by atoms with Crippen molar-refractivity contribution in [2.24, 2.45) is 11.8 Å². The van der Waals surface area contributed by atoms with E-state index in [2.05, 4.69) is 37.5 Å². The van der Waals surface area contributed by atoms with Crippen LogP contribution in [0.2, 0.25) is 0 Å². The number of carbonyl (C=O) groups is 1. The molecule has 3 aliphatic heterocycles. The van der Waals surface area contributed by atoms with Crippen LogP contribution in [0.1, 0.15) is 47.6 Å². The Kier molecular flexibility index (Phi) is 4.92. The smallest absolute Gasteiger partial charge is 0.273 e. The van der Waals surface area contributed by atoms with Crippen molar-refractivity contribution in [3.8, 4) is 0 Å². The minimum absolute atomic E-state index is 0.0540. The van der Waals surface area contributed by atoms with Gasteiger partial charge in [-0.1, -0.05) is 6.92 Å². The first kappa shape index (κ1) is 18.5. The average Bonchev–Trinajstić information content (AvgIpc) is 3.33. The fourth-order valence-corrected chi connectivity index (χ4v) is 4.82. The van der Waals surface area contributed by atoms with Crippen molar-refractivity contribution in [3.63, 3.8) is 0 Å². The van der Waals surface area contributed by atoms with Crippen LogP contribution in [0.25, 0.3) is 0 Å². The summed E-state index contributed by atoms with van der Waals surface area (Å²) in [6.45, 7) is 6.47. The monoisotopic (exact) mass is 397 g/mol. The number of imidazole rings is 1. The molecule has 2 saturated heterocycles. The van der Waals surface area contributed by atoms with Gasteiger partial charge in [-0.2, -0.15) is 0 Å². The van der Waals surface area contributed by atoms with Gasteiger partial charge in [0.05, 0.1) is 6.20 Å². The third kappa shape index (κ3) is 3.60. The number of hydrogen-bond acceptors (Lipinski definition) is 7. The summed E-state index contributed by atoms with van der Waals surface area (Å²) in [6, 6.07) is 0. The van der Waals surface area contributed by atoms with Gasteiger partial charge in [-0.05, 0) is 18.8 Å². The summed E-state index contributed by atoms with van der Waals surface area (Å²) < 4.78 is 7.42. The van der Waals surface area contributed by atoms with Crippen LogP contribution in [0.5, 0.6) is 0 Å². The molecule has 3 atom stereocenters. The minimum atomic E-state index is -0.116. The molecule has 0 radical (unpaired) electrons. The molecule has 0 aliphatic carbocycles. The zero-order valence-electron chi connectivity index (χ0n) is 16.6. The van der Waals surface area contributed by atoms with Crippen LogP contribution >= 0.6 is 0 Å². The van der Waals surface area contributed by atoms with E-state index in [0.29, 0.717) is 23.4 Å². The number of likely N-dealkylation sites (tertiary alicyclic amines) is 1. The molecule has 5 heterocycles. The number of ether oxygens (including phenoxy) is 1. The second-order valence-corrected chi connectivity index (χ2v) is 8.39. The van der Waals surface area contributed by atoms with Gasteiger partial charge in [-0.15, -0.1) is 0 Å². The highest BCUT2D eigenvalue weighted by Gasteiger charge is 2.40. The predicted octanol–water partition coefficient (Wildman–Crippen LogP) is 0.948. The van der Waals surface area contributed by atoms with Crippen LogP contribution in [0.3, 0.4) is 0 Å². The van der Waals surface area contributed by atoms with Gasteiger partial charge in [0.2, 0.25) is 0 Å². The summed E-state index contributed by atoms with van der Waals surface area (Å²) in [7, 11) is 0. The van der Waals surface area contributed by atoms with Crippen molar-refractivity contribution in [1.29, 1.82) is 0 Å². The van der Waals surface area contributed by atoms with Gasteiger partial charge in [-0.3, -0.25) is 9.69 Å². The van der Waals surface area contributed by atoms with Gasteiger partial charge in [0.25, 0.3) is 5.91 Å². The van der Waals surface area contributed by atoms with Crippen LogP contribution in [-0.4, -0.2) is 62.9 Å². The van der Waals surface area contributed by atoms with E-state index in [1.54, 1.807) is 12.5 Å². The summed E-state index contributed by atoms with van der Waals surface area (Å²) in [5.41, 5.74) is 5.26. The normalized spacial score (nSPS) is 28.0. The second kappa shape index (κ2) is 7.72. The van der Waals surface area contributed by atoms with Crippen LogP contribution in [0.15, 0.2) is 24.9 Å². The van der Waals surface area contributed by atoms with Gasteiger partial charge in [0.15, 0.2) is 0 Å². The van der Waals surface area contributed by atoms with E-state index in [1.807, 2.05) is 17.1 Å². The van der Waals surface area contributed by atoms with Gasteiger partial charge in [0.1, 0.15) is 24.0 Å². The zero-order valence-corrected chi connectivity index (χ0v) is 16.6. The molecule has 3 unspecified atom stereocenters. The molecular weight excluding hydrogens is 370 g/mol. The number of nitrogens with zero attached hydrogens (tertiary/aromatic N) is 5. The number of fused-ring (bicyclic) bond motifs is 1. The van der Waals surface area contributed by atoms with Gasteiger partial charge < -0.3 is 15.5 Å². The Morgan fingerprint density at radius 1 is 1.17 bits per heavy atom. The highest BCUT2D eigenvalue weighted by atomic mass is 16.5. The van der Waals surface area contributed by atoms with E-state index in [-0.39, 0.29) is 12.1 Å². The fraction of sp³-hybridized carbons (Fsp3) is 0.600. The molecule has 154 valence electrons. The van der Waals surface area contributed by atoms with Crippen LogP contribution in [0.4, 0.5) is 0 Å². The third-order valence-corrected chi connectivity index (χ3v) is 6.36. The van der Waals surface area contributed by atoms with Crippen molar-refractivity contribution in [1.82, 2.24) is 29.8 Å². The molecule has 0 aromatic carbocycles.